The SMILES string of the molecule is Cc1ccc(N2CCN[C@H](C)C2=O)cn1. The highest BCUT2D eigenvalue weighted by atomic mass is 16.2. The molecule has 2 heterocycles. The molecular weight excluding hydrogens is 190 g/mol. The van der Waals surface area contributed by atoms with Crippen molar-refractivity contribution in [3.05, 3.63) is 24.0 Å². The predicted molar refractivity (Wildman–Crippen MR) is 58.8 cm³/mol. The number of pyridine rings is 1. The largest absolute Gasteiger partial charge is 0.308 e. The smallest absolute Gasteiger partial charge is 0.243 e. The molecule has 1 atom stereocenters. The summed E-state index contributed by atoms with van der Waals surface area (Å²) < 4.78 is 0. The highest BCUT2D eigenvalue weighted by molar-refractivity contribution is 5.97. The minimum absolute atomic E-state index is 0.0972. The summed E-state index contributed by atoms with van der Waals surface area (Å²) in [6.45, 7) is 5.37. The second kappa shape index (κ2) is 3.98. The van der Waals surface area contributed by atoms with Crippen LogP contribution >= 0.6 is 0 Å². The zero-order valence-corrected chi connectivity index (χ0v) is 9.03. The number of nitrogens with one attached hydrogen (secondary N) is 1. The third-order valence-electron chi connectivity index (χ3n) is 2.63. The summed E-state index contributed by atoms with van der Waals surface area (Å²) in [5.74, 6) is 0.118. The Bertz CT molecular complexity index is 361. The van der Waals surface area contributed by atoms with Gasteiger partial charge in [-0.3, -0.25) is 9.78 Å². The second-order valence-electron chi connectivity index (χ2n) is 3.82. The average molecular weight is 205 g/mol. The number of hydrogen-bond acceptors (Lipinski definition) is 3. The average Bonchev–Trinajstić information content (AvgIpc) is 2.24. The number of piperazine rings is 1. The summed E-state index contributed by atoms with van der Waals surface area (Å²) in [4.78, 5) is 17.8. The van der Waals surface area contributed by atoms with Crippen LogP contribution < -0.4 is 10.2 Å². The van der Waals surface area contributed by atoms with Crippen molar-refractivity contribution in [2.24, 2.45) is 0 Å². The zero-order valence-electron chi connectivity index (χ0n) is 9.03. The van der Waals surface area contributed by atoms with Crippen LogP contribution in [0.25, 0.3) is 0 Å². The van der Waals surface area contributed by atoms with Crippen LogP contribution in [0.3, 0.4) is 0 Å². The van der Waals surface area contributed by atoms with Crippen molar-refractivity contribution in [1.29, 1.82) is 0 Å². The molecule has 1 aliphatic rings. The molecule has 0 aliphatic carbocycles. The number of aryl methyl sites for hydroxylation is 1. The van der Waals surface area contributed by atoms with E-state index in [0.29, 0.717) is 6.54 Å². The van der Waals surface area contributed by atoms with Crippen LogP contribution in [0.15, 0.2) is 18.3 Å². The first-order chi connectivity index (χ1) is 7.18. The molecule has 1 aromatic rings. The van der Waals surface area contributed by atoms with Crippen LogP contribution in [0.5, 0.6) is 0 Å². The number of rotatable bonds is 1. The number of nitrogens with zero attached hydrogens (tertiary/aromatic N) is 2. The molecule has 0 saturated carbocycles. The minimum Gasteiger partial charge on any atom is -0.308 e. The molecule has 4 nitrogen and oxygen atoms in total. The van der Waals surface area contributed by atoms with Gasteiger partial charge in [-0.1, -0.05) is 0 Å². The van der Waals surface area contributed by atoms with E-state index in [1.165, 1.54) is 0 Å². The van der Waals surface area contributed by atoms with Crippen LogP contribution in [0.4, 0.5) is 5.69 Å². The molecule has 1 amide bonds. The monoisotopic (exact) mass is 205 g/mol. The van der Waals surface area contributed by atoms with E-state index in [9.17, 15) is 4.79 Å². The maximum absolute atomic E-state index is 11.8. The third-order valence-corrected chi connectivity index (χ3v) is 2.63. The van der Waals surface area contributed by atoms with Gasteiger partial charge in [0.2, 0.25) is 5.91 Å². The van der Waals surface area contributed by atoms with E-state index in [0.717, 1.165) is 17.9 Å². The third kappa shape index (κ3) is 1.99. The molecule has 0 unspecified atom stereocenters. The van der Waals surface area contributed by atoms with E-state index in [1.807, 2.05) is 26.0 Å². The first-order valence-corrected chi connectivity index (χ1v) is 5.16. The molecule has 80 valence electrons. The fourth-order valence-corrected chi connectivity index (χ4v) is 1.70. The Morgan fingerprint density at radius 1 is 1.53 bits per heavy atom. The highest BCUT2D eigenvalue weighted by Crippen LogP contribution is 2.15. The molecule has 1 saturated heterocycles. The highest BCUT2D eigenvalue weighted by Gasteiger charge is 2.25. The van der Waals surface area contributed by atoms with E-state index in [-0.39, 0.29) is 11.9 Å². The summed E-state index contributed by atoms with van der Waals surface area (Å²) in [6, 6.07) is 3.77. The van der Waals surface area contributed by atoms with Gasteiger partial charge in [0.05, 0.1) is 17.9 Å². The van der Waals surface area contributed by atoms with Crippen LogP contribution in [-0.2, 0) is 4.79 Å². The van der Waals surface area contributed by atoms with E-state index < -0.39 is 0 Å². The van der Waals surface area contributed by atoms with Gasteiger partial charge in [-0.15, -0.1) is 0 Å². The molecule has 1 N–H and O–H groups in total. The summed E-state index contributed by atoms with van der Waals surface area (Å²) in [5, 5.41) is 3.13. The number of aromatic nitrogens is 1. The van der Waals surface area contributed by atoms with Crippen LogP contribution in [0, 0.1) is 6.92 Å². The number of anilines is 1. The lowest BCUT2D eigenvalue weighted by molar-refractivity contribution is -0.121. The number of amides is 1. The first-order valence-electron chi connectivity index (χ1n) is 5.16. The predicted octanol–water partition coefficient (Wildman–Crippen LogP) is 0.715. The second-order valence-corrected chi connectivity index (χ2v) is 3.82. The summed E-state index contributed by atoms with van der Waals surface area (Å²) in [5.41, 5.74) is 1.85. The topological polar surface area (TPSA) is 45.2 Å². The lowest BCUT2D eigenvalue weighted by atomic mass is 10.2. The molecule has 1 aromatic heterocycles. The van der Waals surface area contributed by atoms with E-state index in [4.69, 9.17) is 0 Å². The van der Waals surface area contributed by atoms with Crippen molar-refractivity contribution >= 4 is 11.6 Å². The molecule has 1 fully saturated rings. The summed E-state index contributed by atoms with van der Waals surface area (Å²) in [6.07, 6.45) is 1.76. The van der Waals surface area contributed by atoms with Crippen molar-refractivity contribution in [1.82, 2.24) is 10.3 Å². The molecule has 4 heteroatoms. The number of carbonyl (C=O) groups is 1. The van der Waals surface area contributed by atoms with Gasteiger partial charge in [-0.25, -0.2) is 0 Å². The molecule has 15 heavy (non-hydrogen) atoms. The molecule has 1 aliphatic heterocycles. The maximum Gasteiger partial charge on any atom is 0.243 e. The fourth-order valence-electron chi connectivity index (χ4n) is 1.70. The van der Waals surface area contributed by atoms with Gasteiger partial charge in [0.1, 0.15) is 0 Å². The quantitative estimate of drug-likeness (QED) is 0.734. The van der Waals surface area contributed by atoms with Gasteiger partial charge < -0.3 is 10.2 Å². The van der Waals surface area contributed by atoms with Crippen molar-refractivity contribution in [2.45, 2.75) is 19.9 Å². The molecule has 0 bridgehead atoms. The van der Waals surface area contributed by atoms with Gasteiger partial charge in [-0.2, -0.15) is 0 Å². The van der Waals surface area contributed by atoms with Crippen LogP contribution in [0.1, 0.15) is 12.6 Å². The van der Waals surface area contributed by atoms with E-state index in [2.05, 4.69) is 10.3 Å². The summed E-state index contributed by atoms with van der Waals surface area (Å²) in [7, 11) is 0. The van der Waals surface area contributed by atoms with Crippen molar-refractivity contribution < 1.29 is 4.79 Å². The lowest BCUT2D eigenvalue weighted by Crippen LogP contribution is -2.53. The van der Waals surface area contributed by atoms with E-state index in [1.54, 1.807) is 11.1 Å². The molecule has 0 spiro atoms. The van der Waals surface area contributed by atoms with Gasteiger partial charge in [0.25, 0.3) is 0 Å². The van der Waals surface area contributed by atoms with Gasteiger partial charge in [-0.05, 0) is 26.0 Å². The Labute approximate surface area is 89.3 Å². The maximum atomic E-state index is 11.8. The first kappa shape index (κ1) is 10.1. The Balaban J connectivity index is 2.22. The van der Waals surface area contributed by atoms with Crippen LogP contribution in [0.2, 0.25) is 0 Å². The van der Waals surface area contributed by atoms with Crippen LogP contribution in [-0.4, -0.2) is 30.0 Å². The molecule has 2 rings (SSSR count). The molecular formula is C11H15N3O. The van der Waals surface area contributed by atoms with E-state index >= 15 is 0 Å². The fraction of sp³-hybridized carbons (Fsp3) is 0.455. The molecule has 0 radical (unpaired) electrons. The Hall–Kier alpha value is -1.42. The van der Waals surface area contributed by atoms with Gasteiger partial charge in [0.15, 0.2) is 0 Å². The lowest BCUT2D eigenvalue weighted by Gasteiger charge is -2.31. The summed E-state index contributed by atoms with van der Waals surface area (Å²) >= 11 is 0. The van der Waals surface area contributed by atoms with Gasteiger partial charge >= 0.3 is 0 Å². The normalized spacial score (nSPS) is 21.9. The zero-order chi connectivity index (χ0) is 10.8. The minimum atomic E-state index is -0.0972. The Morgan fingerprint density at radius 2 is 2.33 bits per heavy atom. The number of carbonyl (C=O) groups excluding carboxylic acids is 1. The Kier molecular flexibility index (Phi) is 2.68. The Morgan fingerprint density at radius 3 is 3.00 bits per heavy atom. The number of hydrogen-bond donors (Lipinski definition) is 1. The molecule has 0 aromatic carbocycles. The standard InChI is InChI=1S/C11H15N3O/c1-8-3-4-10(7-13-8)14-6-5-12-9(2)11(14)15/h3-4,7,9,12H,5-6H2,1-2H3/t9-/m1/s1. The van der Waals surface area contributed by atoms with Crippen molar-refractivity contribution in [3.8, 4) is 0 Å². The van der Waals surface area contributed by atoms with Crippen molar-refractivity contribution in [3.63, 3.8) is 0 Å². The van der Waals surface area contributed by atoms with Crippen molar-refractivity contribution in [2.75, 3.05) is 18.0 Å². The van der Waals surface area contributed by atoms with Gasteiger partial charge in [0, 0.05) is 18.8 Å².